The highest BCUT2D eigenvalue weighted by Gasteiger charge is 2.16. The Labute approximate surface area is 94.7 Å². The molecule has 88 valence electrons. The van der Waals surface area contributed by atoms with E-state index in [1.165, 1.54) is 38.8 Å². The SMILES string of the molecule is C=CCN(CC1CCCCCN1)C(C)C. The van der Waals surface area contributed by atoms with Gasteiger partial charge in [0.15, 0.2) is 0 Å². The number of nitrogens with one attached hydrogen (secondary N) is 1. The van der Waals surface area contributed by atoms with Gasteiger partial charge in [0.2, 0.25) is 0 Å². The summed E-state index contributed by atoms with van der Waals surface area (Å²) in [5.41, 5.74) is 0. The molecule has 2 heteroatoms. The molecule has 1 N–H and O–H groups in total. The molecule has 1 saturated heterocycles. The van der Waals surface area contributed by atoms with Gasteiger partial charge in [0.25, 0.3) is 0 Å². The quantitative estimate of drug-likeness (QED) is 0.701. The molecular formula is C13H26N2. The van der Waals surface area contributed by atoms with Gasteiger partial charge in [-0.2, -0.15) is 0 Å². The molecule has 1 atom stereocenters. The summed E-state index contributed by atoms with van der Waals surface area (Å²) < 4.78 is 0. The lowest BCUT2D eigenvalue weighted by atomic mass is 10.1. The van der Waals surface area contributed by atoms with E-state index in [-0.39, 0.29) is 0 Å². The van der Waals surface area contributed by atoms with Gasteiger partial charge in [0.1, 0.15) is 0 Å². The van der Waals surface area contributed by atoms with Crippen LogP contribution < -0.4 is 5.32 Å². The van der Waals surface area contributed by atoms with Crippen LogP contribution in [0.3, 0.4) is 0 Å². The molecular weight excluding hydrogens is 184 g/mol. The normalized spacial score (nSPS) is 23.1. The lowest BCUT2D eigenvalue weighted by Gasteiger charge is -2.29. The van der Waals surface area contributed by atoms with Gasteiger partial charge in [-0.05, 0) is 33.2 Å². The fraction of sp³-hybridized carbons (Fsp3) is 0.846. The standard InChI is InChI=1S/C13H26N2/c1-4-10-15(12(2)3)11-13-8-6-5-7-9-14-13/h4,12-14H,1,5-11H2,2-3H3. The predicted octanol–water partition coefficient (Wildman–Crippen LogP) is 2.42. The first-order valence-corrected chi connectivity index (χ1v) is 6.32. The zero-order valence-electron chi connectivity index (χ0n) is 10.3. The zero-order valence-corrected chi connectivity index (χ0v) is 10.3. The summed E-state index contributed by atoms with van der Waals surface area (Å²) in [5.74, 6) is 0. The topological polar surface area (TPSA) is 15.3 Å². The summed E-state index contributed by atoms with van der Waals surface area (Å²) in [6.07, 6.45) is 7.47. The van der Waals surface area contributed by atoms with Gasteiger partial charge < -0.3 is 5.32 Å². The van der Waals surface area contributed by atoms with Crippen LogP contribution in [-0.4, -0.2) is 36.6 Å². The molecule has 0 aromatic carbocycles. The van der Waals surface area contributed by atoms with E-state index in [0.29, 0.717) is 12.1 Å². The number of nitrogens with zero attached hydrogens (tertiary/aromatic N) is 1. The molecule has 0 aliphatic carbocycles. The van der Waals surface area contributed by atoms with Gasteiger partial charge in [-0.3, -0.25) is 4.90 Å². The molecule has 0 spiro atoms. The van der Waals surface area contributed by atoms with Crippen molar-refractivity contribution in [1.82, 2.24) is 10.2 Å². The molecule has 1 rings (SSSR count). The van der Waals surface area contributed by atoms with Crippen molar-refractivity contribution in [2.24, 2.45) is 0 Å². The molecule has 0 radical (unpaired) electrons. The predicted molar refractivity (Wildman–Crippen MR) is 67.2 cm³/mol. The second-order valence-corrected chi connectivity index (χ2v) is 4.84. The first-order valence-electron chi connectivity index (χ1n) is 6.32. The fourth-order valence-electron chi connectivity index (χ4n) is 2.20. The van der Waals surface area contributed by atoms with Crippen LogP contribution in [-0.2, 0) is 0 Å². The van der Waals surface area contributed by atoms with Crippen LogP contribution in [0.2, 0.25) is 0 Å². The third kappa shape index (κ3) is 4.80. The highest BCUT2D eigenvalue weighted by Crippen LogP contribution is 2.11. The average molecular weight is 210 g/mol. The summed E-state index contributed by atoms with van der Waals surface area (Å²) in [4.78, 5) is 2.50. The van der Waals surface area contributed by atoms with Crippen LogP contribution >= 0.6 is 0 Å². The van der Waals surface area contributed by atoms with Crippen molar-refractivity contribution in [2.45, 2.75) is 51.6 Å². The van der Waals surface area contributed by atoms with E-state index in [1.54, 1.807) is 0 Å². The number of hydrogen-bond donors (Lipinski definition) is 1. The monoisotopic (exact) mass is 210 g/mol. The lowest BCUT2D eigenvalue weighted by Crippen LogP contribution is -2.43. The van der Waals surface area contributed by atoms with Crippen LogP contribution in [0.5, 0.6) is 0 Å². The lowest BCUT2D eigenvalue weighted by molar-refractivity contribution is 0.215. The minimum Gasteiger partial charge on any atom is -0.313 e. The molecule has 1 unspecified atom stereocenters. The van der Waals surface area contributed by atoms with Crippen LogP contribution in [0.25, 0.3) is 0 Å². The number of rotatable bonds is 5. The number of hydrogen-bond acceptors (Lipinski definition) is 2. The molecule has 2 nitrogen and oxygen atoms in total. The Hall–Kier alpha value is -0.340. The summed E-state index contributed by atoms with van der Waals surface area (Å²) in [5, 5.41) is 3.65. The van der Waals surface area contributed by atoms with Crippen LogP contribution in [0.4, 0.5) is 0 Å². The molecule has 1 aliphatic heterocycles. The molecule has 0 aromatic rings. The third-order valence-electron chi connectivity index (χ3n) is 3.21. The van der Waals surface area contributed by atoms with Crippen molar-refractivity contribution in [1.29, 1.82) is 0 Å². The molecule has 0 saturated carbocycles. The van der Waals surface area contributed by atoms with Crippen molar-refractivity contribution in [2.75, 3.05) is 19.6 Å². The summed E-state index contributed by atoms with van der Waals surface area (Å²) in [7, 11) is 0. The van der Waals surface area contributed by atoms with Crippen molar-refractivity contribution in [3.8, 4) is 0 Å². The van der Waals surface area contributed by atoms with Crippen LogP contribution in [0.15, 0.2) is 12.7 Å². The van der Waals surface area contributed by atoms with Crippen molar-refractivity contribution >= 4 is 0 Å². The summed E-state index contributed by atoms with van der Waals surface area (Å²) in [6.45, 7) is 11.7. The van der Waals surface area contributed by atoms with Crippen LogP contribution in [0.1, 0.15) is 39.5 Å². The Morgan fingerprint density at radius 3 is 2.87 bits per heavy atom. The van der Waals surface area contributed by atoms with E-state index in [1.807, 2.05) is 6.08 Å². The van der Waals surface area contributed by atoms with Gasteiger partial charge in [-0.1, -0.05) is 18.9 Å². The molecule has 1 heterocycles. The first kappa shape index (κ1) is 12.7. The van der Waals surface area contributed by atoms with Gasteiger partial charge in [0.05, 0.1) is 0 Å². The zero-order chi connectivity index (χ0) is 11.1. The smallest absolute Gasteiger partial charge is 0.0195 e. The second kappa shape index (κ2) is 7.02. The Morgan fingerprint density at radius 2 is 2.20 bits per heavy atom. The van der Waals surface area contributed by atoms with Crippen molar-refractivity contribution < 1.29 is 0 Å². The fourth-order valence-corrected chi connectivity index (χ4v) is 2.20. The van der Waals surface area contributed by atoms with Crippen molar-refractivity contribution in [3.05, 3.63) is 12.7 Å². The van der Waals surface area contributed by atoms with Crippen LogP contribution in [0, 0.1) is 0 Å². The summed E-state index contributed by atoms with van der Waals surface area (Å²) in [6, 6.07) is 1.31. The molecule has 0 bridgehead atoms. The maximum Gasteiger partial charge on any atom is 0.0195 e. The highest BCUT2D eigenvalue weighted by molar-refractivity contribution is 4.81. The second-order valence-electron chi connectivity index (χ2n) is 4.84. The maximum absolute atomic E-state index is 3.83. The molecule has 1 aliphatic rings. The third-order valence-corrected chi connectivity index (χ3v) is 3.21. The van der Waals surface area contributed by atoms with E-state index in [2.05, 4.69) is 30.6 Å². The van der Waals surface area contributed by atoms with Gasteiger partial charge in [-0.15, -0.1) is 6.58 Å². The van der Waals surface area contributed by atoms with E-state index in [0.717, 1.165) is 6.54 Å². The molecule has 0 aromatic heterocycles. The Balaban J connectivity index is 2.37. The first-order chi connectivity index (χ1) is 7.24. The summed E-state index contributed by atoms with van der Waals surface area (Å²) >= 11 is 0. The Morgan fingerprint density at radius 1 is 1.40 bits per heavy atom. The van der Waals surface area contributed by atoms with Gasteiger partial charge in [-0.25, -0.2) is 0 Å². The average Bonchev–Trinajstić information content (AvgIpc) is 2.45. The van der Waals surface area contributed by atoms with Gasteiger partial charge in [0, 0.05) is 25.2 Å². The maximum atomic E-state index is 3.83. The van der Waals surface area contributed by atoms with E-state index in [4.69, 9.17) is 0 Å². The van der Waals surface area contributed by atoms with Crippen molar-refractivity contribution in [3.63, 3.8) is 0 Å². The largest absolute Gasteiger partial charge is 0.313 e. The molecule has 0 amide bonds. The minimum absolute atomic E-state index is 0.619. The molecule has 1 fully saturated rings. The Bertz CT molecular complexity index is 169. The highest BCUT2D eigenvalue weighted by atomic mass is 15.2. The Kier molecular flexibility index (Phi) is 5.96. The van der Waals surface area contributed by atoms with E-state index < -0.39 is 0 Å². The van der Waals surface area contributed by atoms with E-state index in [9.17, 15) is 0 Å². The van der Waals surface area contributed by atoms with Gasteiger partial charge >= 0.3 is 0 Å². The van der Waals surface area contributed by atoms with E-state index >= 15 is 0 Å². The minimum atomic E-state index is 0.619. The molecule has 15 heavy (non-hydrogen) atoms.